The van der Waals surface area contributed by atoms with Crippen molar-refractivity contribution in [2.75, 3.05) is 18.4 Å². The molecule has 2 rings (SSSR count). The second-order valence-electron chi connectivity index (χ2n) is 6.88. The van der Waals surface area contributed by atoms with Crippen LogP contribution in [0.3, 0.4) is 0 Å². The Kier molecular flexibility index (Phi) is 7.63. The van der Waals surface area contributed by atoms with Gasteiger partial charge in [-0.1, -0.05) is 57.5 Å². The molecule has 0 unspecified atom stereocenters. The second kappa shape index (κ2) is 9.54. The normalized spacial score (nSPS) is 13.0. The second-order valence-corrected chi connectivity index (χ2v) is 9.25. The van der Waals surface area contributed by atoms with Crippen molar-refractivity contribution in [3.8, 4) is 0 Å². The maximum absolute atomic E-state index is 12.9. The number of carbonyl (C=O) groups is 1. The van der Waals surface area contributed by atoms with Gasteiger partial charge in [-0.3, -0.25) is 4.79 Å². The van der Waals surface area contributed by atoms with E-state index in [4.69, 9.17) is 11.6 Å². The summed E-state index contributed by atoms with van der Waals surface area (Å²) in [5.74, 6) is -0.501. The first-order valence-electron chi connectivity index (χ1n) is 9.37. The van der Waals surface area contributed by atoms with Gasteiger partial charge >= 0.3 is 0 Å². The van der Waals surface area contributed by atoms with Crippen molar-refractivity contribution in [1.82, 2.24) is 4.31 Å². The van der Waals surface area contributed by atoms with E-state index in [2.05, 4.69) is 5.32 Å². The summed E-state index contributed by atoms with van der Waals surface area (Å²) in [6, 6.07) is 13.6. The average molecular weight is 423 g/mol. The quantitative estimate of drug-likeness (QED) is 0.667. The number of rotatable bonds is 8. The summed E-state index contributed by atoms with van der Waals surface area (Å²) < 4.78 is 26.8. The molecule has 0 radical (unpaired) electrons. The fourth-order valence-electron chi connectivity index (χ4n) is 3.18. The molecule has 0 saturated heterocycles. The number of halogens is 1. The van der Waals surface area contributed by atoms with Gasteiger partial charge < -0.3 is 5.32 Å². The van der Waals surface area contributed by atoms with Crippen LogP contribution in [0.1, 0.15) is 39.2 Å². The molecule has 0 spiro atoms. The number of amides is 1. The Balaban J connectivity index is 2.29. The minimum Gasteiger partial charge on any atom is -0.326 e. The van der Waals surface area contributed by atoms with Crippen LogP contribution in [0.5, 0.6) is 0 Å². The van der Waals surface area contributed by atoms with Gasteiger partial charge in [-0.25, -0.2) is 8.42 Å². The number of benzene rings is 2. The van der Waals surface area contributed by atoms with Crippen LogP contribution in [0.4, 0.5) is 5.69 Å². The van der Waals surface area contributed by atoms with E-state index in [1.165, 1.54) is 10.4 Å². The SMILES string of the molecule is CCN(CC)S(=O)(=O)c1cccc(NC(=O)[C@H](c2ccc(Cl)cc2)C(C)C)c1. The van der Waals surface area contributed by atoms with E-state index in [0.29, 0.717) is 23.8 Å². The molecule has 0 heterocycles. The molecular formula is C21H27ClN2O3S. The van der Waals surface area contributed by atoms with Crippen molar-refractivity contribution in [3.05, 3.63) is 59.1 Å². The molecule has 0 aliphatic heterocycles. The van der Waals surface area contributed by atoms with Gasteiger partial charge in [-0.05, 0) is 41.8 Å². The zero-order chi connectivity index (χ0) is 20.9. The molecule has 1 atom stereocenters. The Morgan fingerprint density at radius 3 is 2.21 bits per heavy atom. The first kappa shape index (κ1) is 22.4. The van der Waals surface area contributed by atoms with Gasteiger partial charge in [0.25, 0.3) is 0 Å². The molecule has 1 amide bonds. The molecule has 0 aliphatic rings. The number of nitrogens with zero attached hydrogens (tertiary/aromatic N) is 1. The van der Waals surface area contributed by atoms with Crippen molar-refractivity contribution in [3.63, 3.8) is 0 Å². The molecule has 152 valence electrons. The van der Waals surface area contributed by atoms with E-state index < -0.39 is 10.0 Å². The molecule has 2 aromatic rings. The molecule has 0 aromatic heterocycles. The van der Waals surface area contributed by atoms with Crippen LogP contribution in [-0.4, -0.2) is 31.7 Å². The highest BCUT2D eigenvalue weighted by Crippen LogP contribution is 2.28. The molecule has 5 nitrogen and oxygen atoms in total. The van der Waals surface area contributed by atoms with Crippen LogP contribution in [0.2, 0.25) is 5.02 Å². The molecule has 2 aromatic carbocycles. The van der Waals surface area contributed by atoms with Crippen LogP contribution < -0.4 is 5.32 Å². The van der Waals surface area contributed by atoms with Crippen LogP contribution in [0.25, 0.3) is 0 Å². The fourth-order valence-corrected chi connectivity index (χ4v) is 4.81. The largest absolute Gasteiger partial charge is 0.326 e. The Labute approximate surface area is 172 Å². The molecule has 0 fully saturated rings. The lowest BCUT2D eigenvalue weighted by atomic mass is 9.87. The number of anilines is 1. The predicted octanol–water partition coefficient (Wildman–Crippen LogP) is 4.75. The summed E-state index contributed by atoms with van der Waals surface area (Å²) in [4.78, 5) is 13.1. The van der Waals surface area contributed by atoms with E-state index in [-0.39, 0.29) is 22.6 Å². The standard InChI is InChI=1S/C21H27ClN2O3S/c1-5-24(6-2)28(26,27)19-9-7-8-18(14-19)23-21(25)20(15(3)4)16-10-12-17(22)13-11-16/h7-15,20H,5-6H2,1-4H3,(H,23,25)/t20-/m0/s1. The highest BCUT2D eigenvalue weighted by Gasteiger charge is 2.25. The van der Waals surface area contributed by atoms with Gasteiger partial charge in [0.1, 0.15) is 0 Å². The third-order valence-corrected chi connectivity index (χ3v) is 6.92. The van der Waals surface area contributed by atoms with E-state index in [0.717, 1.165) is 5.56 Å². The summed E-state index contributed by atoms with van der Waals surface area (Å²) in [7, 11) is -3.59. The van der Waals surface area contributed by atoms with Crippen LogP contribution >= 0.6 is 11.6 Å². The Morgan fingerprint density at radius 2 is 1.68 bits per heavy atom. The average Bonchev–Trinajstić information content (AvgIpc) is 2.64. The molecule has 7 heteroatoms. The van der Waals surface area contributed by atoms with E-state index in [9.17, 15) is 13.2 Å². The minimum atomic E-state index is -3.59. The van der Waals surface area contributed by atoms with E-state index in [1.54, 1.807) is 44.2 Å². The topological polar surface area (TPSA) is 66.5 Å². The van der Waals surface area contributed by atoms with E-state index >= 15 is 0 Å². The lowest BCUT2D eigenvalue weighted by molar-refractivity contribution is -0.118. The molecule has 0 saturated carbocycles. The Hall–Kier alpha value is -1.89. The summed E-state index contributed by atoms with van der Waals surface area (Å²) in [6.45, 7) is 8.32. The first-order valence-corrected chi connectivity index (χ1v) is 11.2. The number of nitrogens with one attached hydrogen (secondary N) is 1. The lowest BCUT2D eigenvalue weighted by Crippen LogP contribution is -2.30. The van der Waals surface area contributed by atoms with E-state index in [1.807, 2.05) is 26.0 Å². The van der Waals surface area contributed by atoms with Crippen LogP contribution in [0.15, 0.2) is 53.4 Å². The summed E-state index contributed by atoms with van der Waals surface area (Å²) in [6.07, 6.45) is 0. The van der Waals surface area contributed by atoms with Gasteiger partial charge in [0.15, 0.2) is 0 Å². The fraction of sp³-hybridized carbons (Fsp3) is 0.381. The summed E-state index contributed by atoms with van der Waals surface area (Å²) >= 11 is 5.95. The van der Waals surface area contributed by atoms with Crippen LogP contribution in [-0.2, 0) is 14.8 Å². The highest BCUT2D eigenvalue weighted by atomic mass is 35.5. The van der Waals surface area contributed by atoms with Crippen molar-refractivity contribution in [2.24, 2.45) is 5.92 Å². The van der Waals surface area contributed by atoms with Gasteiger partial charge in [-0.15, -0.1) is 0 Å². The monoisotopic (exact) mass is 422 g/mol. The zero-order valence-electron chi connectivity index (χ0n) is 16.6. The maximum atomic E-state index is 12.9. The third kappa shape index (κ3) is 5.13. The lowest BCUT2D eigenvalue weighted by Gasteiger charge is -2.22. The van der Waals surface area contributed by atoms with Crippen LogP contribution in [0, 0.1) is 5.92 Å². The minimum absolute atomic E-state index is 0.0590. The van der Waals surface area contributed by atoms with Gasteiger partial charge in [-0.2, -0.15) is 4.31 Å². The number of hydrogen-bond donors (Lipinski definition) is 1. The Bertz CT molecular complexity index is 908. The van der Waals surface area contributed by atoms with Gasteiger partial charge in [0.05, 0.1) is 10.8 Å². The molecule has 0 bridgehead atoms. The zero-order valence-corrected chi connectivity index (χ0v) is 18.2. The van der Waals surface area contributed by atoms with Crippen molar-refractivity contribution in [2.45, 2.75) is 38.5 Å². The smallest absolute Gasteiger partial charge is 0.243 e. The third-order valence-electron chi connectivity index (χ3n) is 4.62. The predicted molar refractivity (Wildman–Crippen MR) is 114 cm³/mol. The Morgan fingerprint density at radius 1 is 1.07 bits per heavy atom. The maximum Gasteiger partial charge on any atom is 0.243 e. The van der Waals surface area contributed by atoms with Gasteiger partial charge in [0, 0.05) is 23.8 Å². The number of sulfonamides is 1. The summed E-state index contributed by atoms with van der Waals surface area (Å²) in [5, 5.41) is 3.48. The van der Waals surface area contributed by atoms with Crippen molar-refractivity contribution in [1.29, 1.82) is 0 Å². The van der Waals surface area contributed by atoms with Crippen molar-refractivity contribution >= 4 is 33.2 Å². The molecule has 1 N–H and O–H groups in total. The van der Waals surface area contributed by atoms with Crippen molar-refractivity contribution < 1.29 is 13.2 Å². The van der Waals surface area contributed by atoms with Gasteiger partial charge in [0.2, 0.25) is 15.9 Å². The molecule has 28 heavy (non-hydrogen) atoms. The summed E-state index contributed by atoms with van der Waals surface area (Å²) in [5.41, 5.74) is 1.32. The highest BCUT2D eigenvalue weighted by molar-refractivity contribution is 7.89. The molecule has 0 aliphatic carbocycles. The number of carbonyl (C=O) groups excluding carboxylic acids is 1. The molecular weight excluding hydrogens is 396 g/mol. The number of hydrogen-bond acceptors (Lipinski definition) is 3. The first-order chi connectivity index (χ1) is 13.2.